The molecule has 0 bridgehead atoms. The van der Waals surface area contributed by atoms with Crippen molar-refractivity contribution in [3.8, 4) is 0 Å². The molecule has 4 rings (SSSR count). The zero-order valence-electron chi connectivity index (χ0n) is 14.8. The zero-order valence-corrected chi connectivity index (χ0v) is 14.8. The molecular weight excluding hydrogens is 344 g/mol. The molecule has 1 atom stereocenters. The maximum atomic E-state index is 12.8. The average molecular weight is 362 g/mol. The van der Waals surface area contributed by atoms with Gasteiger partial charge in [0.05, 0.1) is 10.3 Å². The molecule has 0 aliphatic carbocycles. The second kappa shape index (κ2) is 6.68. The average Bonchev–Trinajstić information content (AvgIpc) is 3.03. The summed E-state index contributed by atoms with van der Waals surface area (Å²) in [6.45, 7) is 2.64. The van der Waals surface area contributed by atoms with Gasteiger partial charge in [-0.05, 0) is 37.6 Å². The number of carbonyl (C=O) groups is 1. The lowest BCUT2D eigenvalue weighted by molar-refractivity contribution is -0.383. The monoisotopic (exact) mass is 362 g/mol. The number of non-ortho nitro benzene ring substituents is 1. The van der Waals surface area contributed by atoms with Crippen molar-refractivity contribution in [1.29, 1.82) is 0 Å². The lowest BCUT2D eigenvalue weighted by Crippen LogP contribution is -2.33. The van der Waals surface area contributed by atoms with Crippen LogP contribution in [-0.4, -0.2) is 28.4 Å². The van der Waals surface area contributed by atoms with E-state index in [4.69, 9.17) is 0 Å². The predicted octanol–water partition coefficient (Wildman–Crippen LogP) is 3.67. The van der Waals surface area contributed by atoms with Crippen LogP contribution in [0.2, 0.25) is 0 Å². The summed E-state index contributed by atoms with van der Waals surface area (Å²) in [6.07, 6.45) is 3.73. The van der Waals surface area contributed by atoms with Gasteiger partial charge in [0.1, 0.15) is 6.04 Å². The Bertz CT molecular complexity index is 1030. The molecule has 1 aliphatic rings. The van der Waals surface area contributed by atoms with Crippen molar-refractivity contribution in [2.75, 3.05) is 16.8 Å². The Morgan fingerprint density at radius 2 is 1.93 bits per heavy atom. The number of aryl methyl sites for hydroxylation is 1. The molecule has 1 aromatic heterocycles. The molecule has 7 nitrogen and oxygen atoms in total. The fraction of sp³-hybridized carbons (Fsp3) is 0.200. The van der Waals surface area contributed by atoms with Crippen LogP contribution in [-0.2, 0) is 4.79 Å². The molecule has 3 aromatic rings. The van der Waals surface area contributed by atoms with Crippen LogP contribution in [0.3, 0.4) is 0 Å². The molecule has 7 heteroatoms. The number of pyridine rings is 1. The minimum atomic E-state index is -0.423. The number of benzene rings is 2. The van der Waals surface area contributed by atoms with Crippen LogP contribution < -0.4 is 10.2 Å². The summed E-state index contributed by atoms with van der Waals surface area (Å²) in [5.74, 6) is -0.000544. The largest absolute Gasteiger partial charge is 0.373 e. The summed E-state index contributed by atoms with van der Waals surface area (Å²) in [5.41, 5.74) is 2.73. The van der Waals surface area contributed by atoms with E-state index in [9.17, 15) is 14.9 Å². The van der Waals surface area contributed by atoms with Gasteiger partial charge in [-0.15, -0.1) is 0 Å². The number of anilines is 2. The topological polar surface area (TPSA) is 88.4 Å². The number of amides is 1. The molecule has 1 fully saturated rings. The number of aromatic nitrogens is 1. The van der Waals surface area contributed by atoms with Crippen molar-refractivity contribution >= 4 is 33.7 Å². The van der Waals surface area contributed by atoms with Crippen LogP contribution in [0.15, 0.2) is 54.9 Å². The second-order valence-corrected chi connectivity index (χ2v) is 6.62. The Balaban J connectivity index is 1.62. The summed E-state index contributed by atoms with van der Waals surface area (Å²) in [5, 5.41) is 15.6. The van der Waals surface area contributed by atoms with Crippen molar-refractivity contribution in [3.05, 3.63) is 70.5 Å². The van der Waals surface area contributed by atoms with E-state index in [-0.39, 0.29) is 17.6 Å². The van der Waals surface area contributed by atoms with E-state index in [1.165, 1.54) is 12.3 Å². The van der Waals surface area contributed by atoms with Crippen LogP contribution in [0.5, 0.6) is 0 Å². The number of nitro benzene ring substituents is 1. The van der Waals surface area contributed by atoms with E-state index in [0.717, 1.165) is 11.3 Å². The highest BCUT2D eigenvalue weighted by Gasteiger charge is 2.33. The molecule has 1 amide bonds. The fourth-order valence-corrected chi connectivity index (χ4v) is 3.44. The summed E-state index contributed by atoms with van der Waals surface area (Å²) < 4.78 is 0. The third kappa shape index (κ3) is 3.08. The number of nitrogens with zero attached hydrogens (tertiary/aromatic N) is 3. The van der Waals surface area contributed by atoms with E-state index in [1.54, 1.807) is 23.2 Å². The number of carbonyl (C=O) groups excluding carboxylic acids is 1. The SMILES string of the molecule is Cc1ccc(N2CCC(Nc3ccc([N+](=O)[O-])c4cnccc34)C2=O)cc1. The van der Waals surface area contributed by atoms with Crippen LogP contribution in [0.1, 0.15) is 12.0 Å². The number of nitro groups is 1. The first-order valence-electron chi connectivity index (χ1n) is 8.70. The molecule has 2 aromatic carbocycles. The molecular formula is C20H18N4O3. The quantitative estimate of drug-likeness (QED) is 0.565. The van der Waals surface area contributed by atoms with E-state index >= 15 is 0 Å². The molecule has 0 spiro atoms. The summed E-state index contributed by atoms with van der Waals surface area (Å²) in [4.78, 5) is 29.4. The lowest BCUT2D eigenvalue weighted by atomic mass is 10.1. The van der Waals surface area contributed by atoms with Gasteiger partial charge in [-0.3, -0.25) is 19.9 Å². The maximum absolute atomic E-state index is 12.8. The number of fused-ring (bicyclic) bond motifs is 1. The second-order valence-electron chi connectivity index (χ2n) is 6.62. The predicted molar refractivity (Wildman–Crippen MR) is 104 cm³/mol. The number of hydrogen-bond acceptors (Lipinski definition) is 5. The van der Waals surface area contributed by atoms with Gasteiger partial charge >= 0.3 is 0 Å². The third-order valence-corrected chi connectivity index (χ3v) is 4.87. The summed E-state index contributed by atoms with van der Waals surface area (Å²) in [7, 11) is 0. The Morgan fingerprint density at radius 1 is 1.15 bits per heavy atom. The van der Waals surface area contributed by atoms with Crippen molar-refractivity contribution in [2.24, 2.45) is 0 Å². The zero-order chi connectivity index (χ0) is 19.0. The van der Waals surface area contributed by atoms with E-state index in [0.29, 0.717) is 29.4 Å². The van der Waals surface area contributed by atoms with Crippen LogP contribution in [0, 0.1) is 17.0 Å². The number of rotatable bonds is 4. The highest BCUT2D eigenvalue weighted by molar-refractivity contribution is 6.04. The molecule has 2 heterocycles. The van der Waals surface area contributed by atoms with Gasteiger partial charge in [0.15, 0.2) is 0 Å². The first-order valence-corrected chi connectivity index (χ1v) is 8.70. The Labute approximate surface area is 155 Å². The molecule has 1 N–H and O–H groups in total. The van der Waals surface area contributed by atoms with Crippen LogP contribution in [0.4, 0.5) is 17.1 Å². The van der Waals surface area contributed by atoms with E-state index < -0.39 is 4.92 Å². The molecule has 1 aliphatic heterocycles. The Kier molecular flexibility index (Phi) is 4.19. The Morgan fingerprint density at radius 3 is 2.67 bits per heavy atom. The van der Waals surface area contributed by atoms with Gasteiger partial charge in [0.25, 0.3) is 5.69 Å². The lowest BCUT2D eigenvalue weighted by Gasteiger charge is -2.18. The van der Waals surface area contributed by atoms with E-state index in [1.807, 2.05) is 31.2 Å². The normalized spacial score (nSPS) is 16.7. The minimum absolute atomic E-state index is 0.000544. The van der Waals surface area contributed by atoms with Gasteiger partial charge in [0.2, 0.25) is 5.91 Å². The van der Waals surface area contributed by atoms with Gasteiger partial charge < -0.3 is 10.2 Å². The first kappa shape index (κ1) is 17.0. The van der Waals surface area contributed by atoms with Crippen molar-refractivity contribution in [3.63, 3.8) is 0 Å². The standard InChI is InChI=1S/C20H18N4O3/c1-13-2-4-14(5-3-13)23-11-9-18(20(23)25)22-17-6-7-19(24(26)27)16-12-21-10-8-15(16)17/h2-8,10,12,18,22H,9,11H2,1H3. The van der Waals surface area contributed by atoms with E-state index in [2.05, 4.69) is 10.3 Å². The minimum Gasteiger partial charge on any atom is -0.373 e. The van der Waals surface area contributed by atoms with Crippen molar-refractivity contribution in [1.82, 2.24) is 4.98 Å². The maximum Gasteiger partial charge on any atom is 0.278 e. The third-order valence-electron chi connectivity index (χ3n) is 4.87. The summed E-state index contributed by atoms with van der Waals surface area (Å²) >= 11 is 0. The van der Waals surface area contributed by atoms with Gasteiger partial charge in [-0.1, -0.05) is 17.7 Å². The first-order chi connectivity index (χ1) is 13.0. The van der Waals surface area contributed by atoms with Gasteiger partial charge in [-0.2, -0.15) is 0 Å². The molecule has 0 radical (unpaired) electrons. The fourth-order valence-electron chi connectivity index (χ4n) is 3.44. The smallest absolute Gasteiger partial charge is 0.278 e. The molecule has 1 unspecified atom stereocenters. The molecule has 0 saturated carbocycles. The number of nitrogens with one attached hydrogen (secondary N) is 1. The van der Waals surface area contributed by atoms with Crippen molar-refractivity contribution < 1.29 is 9.72 Å². The van der Waals surface area contributed by atoms with Crippen molar-refractivity contribution in [2.45, 2.75) is 19.4 Å². The van der Waals surface area contributed by atoms with Gasteiger partial charge in [0, 0.05) is 41.8 Å². The van der Waals surface area contributed by atoms with Crippen LogP contribution in [0.25, 0.3) is 10.8 Å². The highest BCUT2D eigenvalue weighted by atomic mass is 16.6. The molecule has 1 saturated heterocycles. The molecule has 136 valence electrons. The van der Waals surface area contributed by atoms with Crippen LogP contribution >= 0.6 is 0 Å². The molecule has 27 heavy (non-hydrogen) atoms. The highest BCUT2D eigenvalue weighted by Crippen LogP contribution is 2.32. The summed E-state index contributed by atoms with van der Waals surface area (Å²) in [6, 6.07) is 12.3. The van der Waals surface area contributed by atoms with Gasteiger partial charge in [-0.25, -0.2) is 0 Å². The number of hydrogen-bond donors (Lipinski definition) is 1. The Hall–Kier alpha value is -3.48.